The molecule has 0 saturated carbocycles. The van der Waals surface area contributed by atoms with Gasteiger partial charge in [-0.2, -0.15) is 0 Å². The Labute approximate surface area is 150 Å². The van der Waals surface area contributed by atoms with Crippen molar-refractivity contribution < 1.29 is 13.9 Å². The second-order valence-electron chi connectivity index (χ2n) is 5.70. The summed E-state index contributed by atoms with van der Waals surface area (Å²) in [6.45, 7) is 0.259. The second kappa shape index (κ2) is 7.11. The molecule has 0 aliphatic rings. The number of hydrogen-bond acceptors (Lipinski definition) is 4. The first kappa shape index (κ1) is 15.9. The van der Waals surface area contributed by atoms with Crippen LogP contribution in [0.3, 0.4) is 0 Å². The second-order valence-corrected chi connectivity index (χ2v) is 5.70. The maximum absolute atomic E-state index is 12.5. The van der Waals surface area contributed by atoms with Crippen LogP contribution in [0, 0.1) is 0 Å². The van der Waals surface area contributed by atoms with Gasteiger partial charge in [-0.15, -0.1) is 0 Å². The average Bonchev–Trinajstić information content (AvgIpc) is 3.17. The van der Waals surface area contributed by atoms with E-state index in [0.717, 1.165) is 16.7 Å². The molecule has 0 unspecified atom stereocenters. The minimum absolute atomic E-state index is 0.234. The molecule has 5 nitrogen and oxygen atoms in total. The fourth-order valence-corrected chi connectivity index (χ4v) is 2.64. The molecule has 1 N–H and O–H groups in total. The van der Waals surface area contributed by atoms with Crippen molar-refractivity contribution in [3.05, 3.63) is 90.5 Å². The van der Waals surface area contributed by atoms with Gasteiger partial charge in [0.2, 0.25) is 0 Å². The van der Waals surface area contributed by atoms with Crippen molar-refractivity contribution >= 4 is 22.5 Å². The maximum atomic E-state index is 12.5. The number of aromatic nitrogens is 1. The zero-order valence-corrected chi connectivity index (χ0v) is 13.9. The van der Waals surface area contributed by atoms with Gasteiger partial charge in [-0.05, 0) is 48.5 Å². The standard InChI is InChI=1S/C21H16N2O3/c24-21(23-19-10-4-9-18-17(19)8-5-13-22-18)20-12-11-16(26-20)14-25-15-6-2-1-3-7-15/h1-13H,14H2,(H,23,24). The SMILES string of the molecule is O=C(Nc1cccc2ncccc12)c1ccc(COc2ccccc2)o1. The van der Waals surface area contributed by atoms with Crippen molar-refractivity contribution in [3.63, 3.8) is 0 Å². The van der Waals surface area contributed by atoms with Crippen LogP contribution in [0.25, 0.3) is 10.9 Å². The molecule has 5 heteroatoms. The van der Waals surface area contributed by atoms with Crippen LogP contribution in [0.4, 0.5) is 5.69 Å². The topological polar surface area (TPSA) is 64.4 Å². The van der Waals surface area contributed by atoms with Crippen LogP contribution in [0.5, 0.6) is 5.75 Å². The predicted octanol–water partition coefficient (Wildman–Crippen LogP) is 4.66. The van der Waals surface area contributed by atoms with Gasteiger partial charge in [-0.25, -0.2) is 0 Å². The molecule has 2 aromatic heterocycles. The van der Waals surface area contributed by atoms with Crippen LogP contribution in [-0.4, -0.2) is 10.9 Å². The van der Waals surface area contributed by atoms with E-state index in [9.17, 15) is 4.79 Å². The Bertz CT molecular complexity index is 1040. The third kappa shape index (κ3) is 3.42. The third-order valence-corrected chi connectivity index (χ3v) is 3.90. The first-order chi connectivity index (χ1) is 12.8. The Morgan fingerprint density at radius 2 is 1.85 bits per heavy atom. The normalized spacial score (nSPS) is 10.6. The maximum Gasteiger partial charge on any atom is 0.291 e. The van der Waals surface area contributed by atoms with Crippen molar-refractivity contribution in [3.8, 4) is 5.75 Å². The Kier molecular flexibility index (Phi) is 4.35. The quantitative estimate of drug-likeness (QED) is 0.572. The van der Waals surface area contributed by atoms with Crippen LogP contribution in [0.1, 0.15) is 16.3 Å². The van der Waals surface area contributed by atoms with Crippen LogP contribution in [0.2, 0.25) is 0 Å². The molecule has 0 bridgehead atoms. The number of rotatable bonds is 5. The lowest BCUT2D eigenvalue weighted by molar-refractivity contribution is 0.0993. The lowest BCUT2D eigenvalue weighted by atomic mass is 10.2. The van der Waals surface area contributed by atoms with Gasteiger partial charge in [-0.1, -0.05) is 24.3 Å². The molecule has 128 valence electrons. The molecular weight excluding hydrogens is 328 g/mol. The number of fused-ring (bicyclic) bond motifs is 1. The number of nitrogens with one attached hydrogen (secondary N) is 1. The molecule has 0 radical (unpaired) electrons. The number of carbonyl (C=O) groups is 1. The molecule has 0 fully saturated rings. The van der Waals surface area contributed by atoms with E-state index in [4.69, 9.17) is 9.15 Å². The molecule has 0 saturated heterocycles. The summed E-state index contributed by atoms with van der Waals surface area (Å²) in [5.74, 6) is 1.25. The highest BCUT2D eigenvalue weighted by Crippen LogP contribution is 2.22. The molecular formula is C21H16N2O3. The van der Waals surface area contributed by atoms with E-state index in [0.29, 0.717) is 11.4 Å². The van der Waals surface area contributed by atoms with E-state index in [1.165, 1.54) is 0 Å². The number of nitrogens with zero attached hydrogens (tertiary/aromatic N) is 1. The number of benzene rings is 2. The van der Waals surface area contributed by atoms with Gasteiger partial charge in [0.15, 0.2) is 5.76 Å². The molecule has 0 spiro atoms. The highest BCUT2D eigenvalue weighted by atomic mass is 16.5. The number of furan rings is 1. The van der Waals surface area contributed by atoms with Gasteiger partial charge < -0.3 is 14.5 Å². The number of carbonyl (C=O) groups excluding carboxylic acids is 1. The number of pyridine rings is 1. The van der Waals surface area contributed by atoms with E-state index in [-0.39, 0.29) is 18.3 Å². The molecule has 4 aromatic rings. The number of amides is 1. The Balaban J connectivity index is 1.46. The van der Waals surface area contributed by atoms with Crippen LogP contribution in [-0.2, 0) is 6.61 Å². The van der Waals surface area contributed by atoms with Crippen molar-refractivity contribution in [1.82, 2.24) is 4.98 Å². The minimum atomic E-state index is -0.313. The summed E-state index contributed by atoms with van der Waals surface area (Å²) in [5, 5.41) is 3.75. The first-order valence-electron chi connectivity index (χ1n) is 8.21. The Morgan fingerprint density at radius 3 is 2.73 bits per heavy atom. The third-order valence-electron chi connectivity index (χ3n) is 3.90. The number of ether oxygens (including phenoxy) is 1. The largest absolute Gasteiger partial charge is 0.486 e. The van der Waals surface area contributed by atoms with Crippen LogP contribution in [0.15, 0.2) is 83.4 Å². The molecule has 2 heterocycles. The van der Waals surface area contributed by atoms with E-state index >= 15 is 0 Å². The van der Waals surface area contributed by atoms with Gasteiger partial charge in [0.05, 0.1) is 11.2 Å². The van der Waals surface area contributed by atoms with E-state index in [1.54, 1.807) is 18.3 Å². The first-order valence-corrected chi connectivity index (χ1v) is 8.21. The summed E-state index contributed by atoms with van der Waals surface area (Å²) in [6, 6.07) is 22.2. The molecule has 2 aromatic carbocycles. The summed E-state index contributed by atoms with van der Waals surface area (Å²) in [5.41, 5.74) is 1.51. The molecule has 0 atom stereocenters. The molecule has 1 amide bonds. The molecule has 4 rings (SSSR count). The predicted molar refractivity (Wildman–Crippen MR) is 99.2 cm³/mol. The van der Waals surface area contributed by atoms with Gasteiger partial charge in [0.1, 0.15) is 18.1 Å². The Hall–Kier alpha value is -3.60. The summed E-state index contributed by atoms with van der Waals surface area (Å²) in [7, 11) is 0. The highest BCUT2D eigenvalue weighted by Gasteiger charge is 2.13. The number of para-hydroxylation sites is 1. The van der Waals surface area contributed by atoms with Gasteiger partial charge in [-0.3, -0.25) is 9.78 Å². The highest BCUT2D eigenvalue weighted by molar-refractivity contribution is 6.07. The molecule has 0 aliphatic carbocycles. The van der Waals surface area contributed by atoms with E-state index in [2.05, 4.69) is 10.3 Å². The molecule has 26 heavy (non-hydrogen) atoms. The average molecular weight is 344 g/mol. The molecule has 0 aliphatic heterocycles. The smallest absolute Gasteiger partial charge is 0.291 e. The van der Waals surface area contributed by atoms with Crippen molar-refractivity contribution in [2.45, 2.75) is 6.61 Å². The van der Waals surface area contributed by atoms with Crippen molar-refractivity contribution in [2.75, 3.05) is 5.32 Å². The summed E-state index contributed by atoms with van der Waals surface area (Å²) >= 11 is 0. The summed E-state index contributed by atoms with van der Waals surface area (Å²) in [4.78, 5) is 16.8. The fraction of sp³-hybridized carbons (Fsp3) is 0.0476. The lowest BCUT2D eigenvalue weighted by Crippen LogP contribution is -2.11. The van der Waals surface area contributed by atoms with Gasteiger partial charge in [0, 0.05) is 11.6 Å². The zero-order chi connectivity index (χ0) is 17.8. The van der Waals surface area contributed by atoms with E-state index < -0.39 is 0 Å². The van der Waals surface area contributed by atoms with Crippen molar-refractivity contribution in [1.29, 1.82) is 0 Å². The van der Waals surface area contributed by atoms with E-state index in [1.807, 2.05) is 60.7 Å². The number of hydrogen-bond donors (Lipinski definition) is 1. The summed E-state index contributed by atoms with van der Waals surface area (Å²) in [6.07, 6.45) is 1.72. The Morgan fingerprint density at radius 1 is 0.962 bits per heavy atom. The lowest BCUT2D eigenvalue weighted by Gasteiger charge is -2.07. The van der Waals surface area contributed by atoms with Crippen molar-refractivity contribution in [2.24, 2.45) is 0 Å². The monoisotopic (exact) mass is 344 g/mol. The zero-order valence-electron chi connectivity index (χ0n) is 13.9. The van der Waals surface area contributed by atoms with Gasteiger partial charge in [0.25, 0.3) is 5.91 Å². The minimum Gasteiger partial charge on any atom is -0.486 e. The van der Waals surface area contributed by atoms with Crippen LogP contribution < -0.4 is 10.1 Å². The van der Waals surface area contributed by atoms with Gasteiger partial charge >= 0.3 is 0 Å². The van der Waals surface area contributed by atoms with Crippen LogP contribution >= 0.6 is 0 Å². The fourth-order valence-electron chi connectivity index (χ4n) is 2.64. The summed E-state index contributed by atoms with van der Waals surface area (Å²) < 4.78 is 11.2. The number of anilines is 1.